The van der Waals surface area contributed by atoms with Crippen molar-refractivity contribution in [2.45, 2.75) is 51.3 Å². The first-order valence-electron chi connectivity index (χ1n) is 8.59. The number of hydrogen-bond acceptors (Lipinski definition) is 7. The van der Waals surface area contributed by atoms with Gasteiger partial charge in [0.1, 0.15) is 5.69 Å². The number of hydrogen-bond donors (Lipinski definition) is 0. The molecule has 0 aliphatic carbocycles. The van der Waals surface area contributed by atoms with Gasteiger partial charge in [0.05, 0.1) is 5.75 Å². The highest BCUT2D eigenvalue weighted by Gasteiger charge is 2.23. The lowest BCUT2D eigenvalue weighted by molar-refractivity contribution is 0.102. The number of aryl methyl sites for hydroxylation is 3. The van der Waals surface area contributed by atoms with E-state index in [4.69, 9.17) is 0 Å². The molecule has 2 heterocycles. The van der Waals surface area contributed by atoms with Gasteiger partial charge < -0.3 is 0 Å². The highest BCUT2D eigenvalue weighted by atomic mass is 32.2. The second-order valence-corrected chi connectivity index (χ2v) is 9.83. The molecule has 0 aliphatic heterocycles. The van der Waals surface area contributed by atoms with E-state index >= 15 is 0 Å². The quantitative estimate of drug-likeness (QED) is 0.489. The van der Waals surface area contributed by atoms with E-state index in [-0.39, 0.29) is 17.1 Å². The zero-order chi connectivity index (χ0) is 19.9. The van der Waals surface area contributed by atoms with Gasteiger partial charge in [0.2, 0.25) is 4.96 Å². The van der Waals surface area contributed by atoms with Gasteiger partial charge in [-0.25, -0.2) is 0 Å². The number of nitrogens with zero attached hydrogens (tertiary/aromatic N) is 4. The monoisotopic (exact) mass is 402 g/mol. The fourth-order valence-corrected chi connectivity index (χ4v) is 4.79. The van der Waals surface area contributed by atoms with Crippen molar-refractivity contribution >= 4 is 33.8 Å². The highest BCUT2D eigenvalue weighted by molar-refractivity contribution is 8.01. The average Bonchev–Trinajstić information content (AvgIpc) is 2.95. The van der Waals surface area contributed by atoms with Crippen molar-refractivity contribution in [2.24, 2.45) is 0 Å². The lowest BCUT2D eigenvalue weighted by atomic mass is 9.93. The van der Waals surface area contributed by atoms with Gasteiger partial charge >= 0.3 is 0 Å². The molecule has 27 heavy (non-hydrogen) atoms. The summed E-state index contributed by atoms with van der Waals surface area (Å²) in [6.07, 6.45) is 0. The van der Waals surface area contributed by atoms with Crippen molar-refractivity contribution < 1.29 is 4.79 Å². The smallest absolute Gasteiger partial charge is 0.293 e. The zero-order valence-electron chi connectivity index (χ0n) is 16.3. The summed E-state index contributed by atoms with van der Waals surface area (Å²) >= 11 is 2.59. The summed E-state index contributed by atoms with van der Waals surface area (Å²) < 4.78 is 1.91. The SMILES string of the molecule is Cc1cc(C)c(C(=O)CSc2nn3c(=O)c(C(C)(C)C)nnc3s2)c(C)c1. The number of Topliss-reactive ketones (excluding diaryl/α,β-unsaturated/α-hetero) is 1. The maximum absolute atomic E-state index is 12.7. The van der Waals surface area contributed by atoms with Crippen molar-refractivity contribution in [1.29, 1.82) is 0 Å². The van der Waals surface area contributed by atoms with Gasteiger partial charge in [-0.05, 0) is 31.9 Å². The van der Waals surface area contributed by atoms with Gasteiger partial charge in [-0.15, -0.1) is 15.3 Å². The maximum atomic E-state index is 12.7. The minimum Gasteiger partial charge on any atom is -0.293 e. The van der Waals surface area contributed by atoms with Crippen LogP contribution in [-0.4, -0.2) is 31.3 Å². The Kier molecular flexibility index (Phi) is 5.22. The summed E-state index contributed by atoms with van der Waals surface area (Å²) in [5.41, 5.74) is 3.60. The molecule has 8 heteroatoms. The van der Waals surface area contributed by atoms with Crippen LogP contribution in [0.25, 0.3) is 4.96 Å². The summed E-state index contributed by atoms with van der Waals surface area (Å²) in [5, 5.41) is 12.5. The predicted octanol–water partition coefficient (Wildman–Crippen LogP) is 3.74. The first-order chi connectivity index (χ1) is 12.6. The molecule has 0 atom stereocenters. The normalized spacial score (nSPS) is 11.9. The number of ketones is 1. The van der Waals surface area contributed by atoms with E-state index in [0.29, 0.717) is 15.0 Å². The van der Waals surface area contributed by atoms with Crippen LogP contribution in [-0.2, 0) is 5.41 Å². The Balaban J connectivity index is 1.85. The van der Waals surface area contributed by atoms with E-state index in [1.807, 2.05) is 53.7 Å². The van der Waals surface area contributed by atoms with E-state index < -0.39 is 5.41 Å². The van der Waals surface area contributed by atoms with Crippen LogP contribution in [0.15, 0.2) is 21.3 Å². The van der Waals surface area contributed by atoms with Gasteiger partial charge in [-0.3, -0.25) is 9.59 Å². The molecule has 0 radical (unpaired) electrons. The third kappa shape index (κ3) is 3.96. The number of carbonyl (C=O) groups is 1. The molecule has 0 spiro atoms. The van der Waals surface area contributed by atoms with Crippen LogP contribution in [0.3, 0.4) is 0 Å². The van der Waals surface area contributed by atoms with Crippen molar-refractivity contribution in [3.05, 3.63) is 50.4 Å². The van der Waals surface area contributed by atoms with Gasteiger partial charge in [-0.1, -0.05) is 61.6 Å². The van der Waals surface area contributed by atoms with Crippen LogP contribution >= 0.6 is 23.1 Å². The second kappa shape index (κ2) is 7.16. The minimum absolute atomic E-state index is 0.0584. The Morgan fingerprint density at radius 1 is 1.15 bits per heavy atom. The number of carbonyl (C=O) groups excluding carboxylic acids is 1. The van der Waals surface area contributed by atoms with Gasteiger partial charge in [0.25, 0.3) is 5.56 Å². The lowest BCUT2D eigenvalue weighted by Crippen LogP contribution is -2.30. The van der Waals surface area contributed by atoms with Crippen LogP contribution in [0.5, 0.6) is 0 Å². The Morgan fingerprint density at radius 3 is 2.37 bits per heavy atom. The summed E-state index contributed by atoms with van der Waals surface area (Å²) in [4.78, 5) is 25.7. The van der Waals surface area contributed by atoms with Crippen molar-refractivity contribution in [1.82, 2.24) is 19.8 Å². The zero-order valence-corrected chi connectivity index (χ0v) is 17.9. The van der Waals surface area contributed by atoms with Gasteiger partial charge in [0.15, 0.2) is 10.1 Å². The van der Waals surface area contributed by atoms with E-state index in [2.05, 4.69) is 15.3 Å². The van der Waals surface area contributed by atoms with Crippen LogP contribution < -0.4 is 5.56 Å². The Hall–Kier alpha value is -2.06. The van der Waals surface area contributed by atoms with Crippen molar-refractivity contribution in [3.63, 3.8) is 0 Å². The maximum Gasteiger partial charge on any atom is 0.297 e. The molecular formula is C19H22N4O2S2. The fourth-order valence-electron chi connectivity index (χ4n) is 3.05. The molecule has 0 bridgehead atoms. The molecule has 0 N–H and O–H groups in total. The number of benzene rings is 1. The first-order valence-corrected chi connectivity index (χ1v) is 10.4. The Morgan fingerprint density at radius 2 is 1.78 bits per heavy atom. The molecule has 0 aliphatic rings. The number of rotatable bonds is 4. The summed E-state index contributed by atoms with van der Waals surface area (Å²) in [5.74, 6) is 0.321. The van der Waals surface area contributed by atoms with Gasteiger partial charge in [-0.2, -0.15) is 4.52 Å². The van der Waals surface area contributed by atoms with Crippen LogP contribution in [0.4, 0.5) is 0 Å². The Bertz CT molecular complexity index is 1070. The van der Waals surface area contributed by atoms with E-state index in [1.54, 1.807) is 0 Å². The molecule has 3 aromatic rings. The molecule has 6 nitrogen and oxygen atoms in total. The highest BCUT2D eigenvalue weighted by Crippen LogP contribution is 2.26. The Labute approximate surface area is 166 Å². The van der Waals surface area contributed by atoms with Crippen LogP contribution in [0.1, 0.15) is 53.5 Å². The van der Waals surface area contributed by atoms with E-state index in [0.717, 1.165) is 22.3 Å². The molecule has 1 aromatic carbocycles. The van der Waals surface area contributed by atoms with Crippen LogP contribution in [0.2, 0.25) is 0 Å². The topological polar surface area (TPSA) is 77.2 Å². The number of fused-ring (bicyclic) bond motifs is 1. The third-order valence-corrected chi connectivity index (χ3v) is 6.20. The minimum atomic E-state index is -0.404. The molecule has 2 aromatic heterocycles. The number of thioether (sulfide) groups is 1. The second-order valence-electron chi connectivity index (χ2n) is 7.65. The molecule has 3 rings (SSSR count). The third-order valence-electron chi connectivity index (χ3n) is 4.16. The molecule has 0 saturated carbocycles. The lowest BCUT2D eigenvalue weighted by Gasteiger charge is -2.14. The summed E-state index contributed by atoms with van der Waals surface area (Å²) in [6.45, 7) is 11.7. The molecule has 142 valence electrons. The predicted molar refractivity (Wildman–Crippen MR) is 109 cm³/mol. The van der Waals surface area contributed by atoms with E-state index in [9.17, 15) is 9.59 Å². The standard InChI is InChI=1S/C19H22N4O2S2/c1-10-7-11(2)14(12(3)8-10)13(24)9-26-18-22-23-16(25)15(19(4,5)6)20-21-17(23)27-18/h7-8H,9H2,1-6H3. The summed E-state index contributed by atoms with van der Waals surface area (Å²) in [7, 11) is 0. The molecule has 0 saturated heterocycles. The largest absolute Gasteiger partial charge is 0.297 e. The van der Waals surface area contributed by atoms with Crippen molar-refractivity contribution in [2.75, 3.05) is 5.75 Å². The van der Waals surface area contributed by atoms with Crippen LogP contribution in [0, 0.1) is 20.8 Å². The first kappa shape index (κ1) is 19.7. The van der Waals surface area contributed by atoms with Crippen molar-refractivity contribution in [3.8, 4) is 0 Å². The molecule has 0 fully saturated rings. The average molecular weight is 403 g/mol. The fraction of sp³-hybridized carbons (Fsp3) is 0.421. The van der Waals surface area contributed by atoms with E-state index in [1.165, 1.54) is 27.6 Å². The summed E-state index contributed by atoms with van der Waals surface area (Å²) in [6, 6.07) is 4.04. The van der Waals surface area contributed by atoms with Gasteiger partial charge in [0, 0.05) is 11.0 Å². The number of aromatic nitrogens is 4. The molecule has 0 unspecified atom stereocenters. The molecular weight excluding hydrogens is 380 g/mol. The molecule has 0 amide bonds.